The van der Waals surface area contributed by atoms with E-state index in [1.54, 1.807) is 6.26 Å². The lowest BCUT2D eigenvalue weighted by Gasteiger charge is -2.20. The predicted octanol–water partition coefficient (Wildman–Crippen LogP) is 0.700. The third-order valence-electron chi connectivity index (χ3n) is 2.89. The first-order valence-electron chi connectivity index (χ1n) is 5.07. The van der Waals surface area contributed by atoms with Crippen molar-refractivity contribution in [1.82, 2.24) is 0 Å². The molecule has 3 aliphatic rings. The molecule has 0 N–H and O–H groups in total. The van der Waals surface area contributed by atoms with Gasteiger partial charge in [-0.2, -0.15) is 0 Å². The maximum absolute atomic E-state index is 12.1. The highest BCUT2D eigenvalue weighted by Gasteiger charge is 2.38. The van der Waals surface area contributed by atoms with Crippen molar-refractivity contribution in [2.45, 2.75) is 0 Å². The summed E-state index contributed by atoms with van der Waals surface area (Å²) in [6, 6.07) is 0. The summed E-state index contributed by atoms with van der Waals surface area (Å²) in [6.07, 6.45) is 5.45. The van der Waals surface area contributed by atoms with E-state index in [4.69, 9.17) is 9.47 Å². The molecule has 0 saturated carbocycles. The van der Waals surface area contributed by atoms with E-state index in [1.165, 1.54) is 0 Å². The van der Waals surface area contributed by atoms with Crippen molar-refractivity contribution in [2.24, 2.45) is 16.8 Å². The molecule has 2 aliphatic heterocycles. The predicted molar refractivity (Wildman–Crippen MR) is 53.4 cm³/mol. The number of ketones is 1. The lowest BCUT2D eigenvalue weighted by atomic mass is 9.83. The molecule has 0 aromatic rings. The van der Waals surface area contributed by atoms with Crippen molar-refractivity contribution in [3.63, 3.8) is 0 Å². The Morgan fingerprint density at radius 3 is 3.20 bits per heavy atom. The van der Waals surface area contributed by atoms with Gasteiger partial charge in [-0.1, -0.05) is 12.2 Å². The highest BCUT2D eigenvalue weighted by molar-refractivity contribution is 6.07. The topological polar surface area (TPSA) is 47.9 Å². The molecular formula is C11H11NO3. The van der Waals surface area contributed by atoms with Crippen molar-refractivity contribution < 1.29 is 14.3 Å². The molecule has 0 saturated heterocycles. The number of ether oxygens (including phenoxy) is 2. The van der Waals surface area contributed by atoms with Gasteiger partial charge < -0.3 is 9.47 Å². The number of carbonyl (C=O) groups excluding carboxylic acids is 1. The Bertz CT molecular complexity index is 395. The number of hydrogen-bond donors (Lipinski definition) is 0. The fourth-order valence-electron chi connectivity index (χ4n) is 2.08. The van der Waals surface area contributed by atoms with E-state index in [9.17, 15) is 4.79 Å². The average Bonchev–Trinajstić information content (AvgIpc) is 2.87. The van der Waals surface area contributed by atoms with Crippen molar-refractivity contribution in [3.05, 3.63) is 24.0 Å². The average molecular weight is 205 g/mol. The minimum absolute atomic E-state index is 0.119. The molecule has 0 spiro atoms. The molecule has 2 atom stereocenters. The van der Waals surface area contributed by atoms with Crippen LogP contribution in [0.15, 0.2) is 29.0 Å². The number of allylic oxidation sites excluding steroid dienone is 1. The van der Waals surface area contributed by atoms with Gasteiger partial charge in [0.1, 0.15) is 19.1 Å². The molecule has 0 radical (unpaired) electrons. The zero-order chi connectivity index (χ0) is 10.3. The quantitative estimate of drug-likeness (QED) is 0.633. The van der Waals surface area contributed by atoms with Gasteiger partial charge in [-0.3, -0.25) is 9.79 Å². The van der Waals surface area contributed by atoms with E-state index in [-0.39, 0.29) is 17.6 Å². The summed E-state index contributed by atoms with van der Waals surface area (Å²) >= 11 is 0. The molecule has 78 valence electrons. The van der Waals surface area contributed by atoms with Gasteiger partial charge in [-0.15, -0.1) is 0 Å². The van der Waals surface area contributed by atoms with Crippen LogP contribution < -0.4 is 0 Å². The van der Waals surface area contributed by atoms with Gasteiger partial charge in [0.15, 0.2) is 11.7 Å². The van der Waals surface area contributed by atoms with Crippen molar-refractivity contribution in [3.8, 4) is 0 Å². The Morgan fingerprint density at radius 2 is 2.40 bits per heavy atom. The van der Waals surface area contributed by atoms with Crippen molar-refractivity contribution in [2.75, 3.05) is 19.8 Å². The Labute approximate surface area is 87.3 Å². The first-order valence-corrected chi connectivity index (χ1v) is 5.07. The number of aliphatic imine (C=N–C) groups is 1. The number of hydrogen-bond acceptors (Lipinski definition) is 4. The molecule has 0 amide bonds. The summed E-state index contributed by atoms with van der Waals surface area (Å²) in [6.45, 7) is 1.72. The molecule has 0 bridgehead atoms. The maximum atomic E-state index is 12.1. The zero-order valence-electron chi connectivity index (χ0n) is 8.18. The van der Waals surface area contributed by atoms with E-state index < -0.39 is 0 Å². The van der Waals surface area contributed by atoms with E-state index in [1.807, 2.05) is 12.2 Å². The molecule has 4 nitrogen and oxygen atoms in total. The molecule has 1 aliphatic carbocycles. The maximum Gasteiger partial charge on any atom is 0.198 e. The molecule has 0 aromatic heterocycles. The van der Waals surface area contributed by atoms with Crippen LogP contribution in [0.3, 0.4) is 0 Å². The molecule has 15 heavy (non-hydrogen) atoms. The van der Waals surface area contributed by atoms with E-state index in [0.717, 1.165) is 5.57 Å². The van der Waals surface area contributed by atoms with Gasteiger partial charge in [0, 0.05) is 5.57 Å². The molecule has 2 heterocycles. The second-order valence-electron chi connectivity index (χ2n) is 3.81. The number of Topliss-reactive ketones (excluding diaryl/α,β-unsaturated/α-hetero) is 1. The zero-order valence-corrected chi connectivity index (χ0v) is 8.18. The minimum Gasteiger partial charge on any atom is -0.500 e. The number of carbonyl (C=O) groups is 1. The van der Waals surface area contributed by atoms with Crippen LogP contribution in [0.2, 0.25) is 0 Å². The number of rotatable bonds is 1. The summed E-state index contributed by atoms with van der Waals surface area (Å²) in [5.41, 5.74) is 0.967. The number of nitrogens with zero attached hydrogens (tertiary/aromatic N) is 1. The summed E-state index contributed by atoms with van der Waals surface area (Å²) < 4.78 is 10.5. The standard InChI is InChI=1S/C11H11NO3/c13-10-8(11-12-3-4-15-11)2-1-7-5-14-6-9(7)10/h1-2,5,8-9H,3-4,6H2. The second kappa shape index (κ2) is 3.22. The van der Waals surface area contributed by atoms with Crippen LogP contribution in [0.25, 0.3) is 0 Å². The van der Waals surface area contributed by atoms with Crippen LogP contribution in [-0.4, -0.2) is 31.4 Å². The van der Waals surface area contributed by atoms with Crippen LogP contribution in [0.4, 0.5) is 0 Å². The van der Waals surface area contributed by atoms with Crippen LogP contribution >= 0.6 is 0 Å². The van der Waals surface area contributed by atoms with Crippen LogP contribution in [0.1, 0.15) is 0 Å². The number of fused-ring (bicyclic) bond motifs is 1. The first-order chi connectivity index (χ1) is 7.36. The lowest BCUT2D eigenvalue weighted by Crippen LogP contribution is -2.32. The monoisotopic (exact) mass is 205 g/mol. The third-order valence-corrected chi connectivity index (χ3v) is 2.89. The largest absolute Gasteiger partial charge is 0.500 e. The first kappa shape index (κ1) is 8.71. The third kappa shape index (κ3) is 1.28. The van der Waals surface area contributed by atoms with Gasteiger partial charge in [-0.25, -0.2) is 0 Å². The second-order valence-corrected chi connectivity index (χ2v) is 3.81. The van der Waals surface area contributed by atoms with Crippen LogP contribution in [0.5, 0.6) is 0 Å². The molecule has 3 rings (SSSR count). The Balaban J connectivity index is 1.90. The lowest BCUT2D eigenvalue weighted by molar-refractivity contribution is -0.123. The SMILES string of the molecule is O=C1C(C2=NCCO2)C=CC2=COCC12. The Kier molecular flexibility index (Phi) is 1.87. The van der Waals surface area contributed by atoms with Gasteiger partial charge in [0.25, 0.3) is 0 Å². The van der Waals surface area contributed by atoms with E-state index in [2.05, 4.69) is 4.99 Å². The summed E-state index contributed by atoms with van der Waals surface area (Å²) in [4.78, 5) is 16.2. The summed E-state index contributed by atoms with van der Waals surface area (Å²) in [7, 11) is 0. The summed E-state index contributed by atoms with van der Waals surface area (Å²) in [5.74, 6) is 0.298. The highest BCUT2D eigenvalue weighted by atomic mass is 16.5. The fourth-order valence-corrected chi connectivity index (χ4v) is 2.08. The molecule has 2 unspecified atom stereocenters. The normalized spacial score (nSPS) is 32.9. The molecular weight excluding hydrogens is 194 g/mol. The fraction of sp³-hybridized carbons (Fsp3) is 0.455. The minimum atomic E-state index is -0.295. The highest BCUT2D eigenvalue weighted by Crippen LogP contribution is 2.30. The van der Waals surface area contributed by atoms with Crippen LogP contribution in [-0.2, 0) is 14.3 Å². The van der Waals surface area contributed by atoms with Crippen LogP contribution in [0, 0.1) is 11.8 Å². The van der Waals surface area contributed by atoms with E-state index in [0.29, 0.717) is 25.7 Å². The van der Waals surface area contributed by atoms with Crippen molar-refractivity contribution in [1.29, 1.82) is 0 Å². The molecule has 0 fully saturated rings. The molecule has 0 aromatic carbocycles. The van der Waals surface area contributed by atoms with Gasteiger partial charge >= 0.3 is 0 Å². The van der Waals surface area contributed by atoms with Gasteiger partial charge in [0.05, 0.1) is 18.7 Å². The molecule has 4 heteroatoms. The van der Waals surface area contributed by atoms with Crippen molar-refractivity contribution >= 4 is 11.7 Å². The Morgan fingerprint density at radius 1 is 1.47 bits per heavy atom. The summed E-state index contributed by atoms with van der Waals surface area (Å²) in [5, 5.41) is 0. The van der Waals surface area contributed by atoms with E-state index >= 15 is 0 Å². The smallest absolute Gasteiger partial charge is 0.198 e. The van der Waals surface area contributed by atoms with Gasteiger partial charge in [-0.05, 0) is 0 Å². The Hall–Kier alpha value is -1.58. The van der Waals surface area contributed by atoms with Gasteiger partial charge in [0.2, 0.25) is 0 Å².